The molecule has 0 unspecified atom stereocenters. The number of carbonyl (C=O) groups is 2. The molecule has 78 heavy (non-hydrogen) atoms. The molecule has 0 radical (unpaired) electrons. The van der Waals surface area contributed by atoms with Crippen LogP contribution in [-0.2, 0) is 35.3 Å². The molecule has 0 heterocycles. The Balaban J connectivity index is 1.03. The van der Waals surface area contributed by atoms with Gasteiger partial charge in [0.05, 0.1) is 0 Å². The fraction of sp³-hybridized carbons (Fsp3) is 0.0526. The van der Waals surface area contributed by atoms with E-state index in [0.717, 1.165) is 88.7 Å². The average Bonchev–Trinajstić information content (AvgIpc) is 4.22. The van der Waals surface area contributed by atoms with Crippen molar-refractivity contribution in [3.8, 4) is 23.7 Å². The Bertz CT molecular complexity index is 3870. The largest absolute Gasteiger partial charge is 0.289 e. The van der Waals surface area contributed by atoms with Gasteiger partial charge < -0.3 is 0 Å². The van der Waals surface area contributed by atoms with Crippen molar-refractivity contribution in [2.45, 2.75) is 25.7 Å². The Kier molecular flexibility index (Phi) is 14.0. The van der Waals surface area contributed by atoms with E-state index in [1.54, 1.807) is 0 Å². The predicted octanol–water partition coefficient (Wildman–Crippen LogP) is 16.6. The maximum Gasteiger partial charge on any atom is 0.195 e. The number of ketones is 2. The highest BCUT2D eigenvalue weighted by Crippen LogP contribution is 2.54. The monoisotopic (exact) mass is 996 g/mol. The van der Waals surface area contributed by atoms with Crippen LogP contribution in [0.3, 0.4) is 0 Å². The molecule has 0 bridgehead atoms. The van der Waals surface area contributed by atoms with Crippen LogP contribution in [0.5, 0.6) is 0 Å². The third-order valence-electron chi connectivity index (χ3n) is 14.7. The summed E-state index contributed by atoms with van der Waals surface area (Å²) >= 11 is 0. The van der Waals surface area contributed by atoms with E-state index >= 15 is 9.59 Å². The molecule has 12 rings (SSSR count). The summed E-state index contributed by atoms with van der Waals surface area (Å²) in [6.45, 7) is 0. The Labute approximate surface area is 457 Å². The Morgan fingerprint density at radius 1 is 0.205 bits per heavy atom. The molecule has 2 nitrogen and oxygen atoms in total. The first kappa shape index (κ1) is 48.8. The van der Waals surface area contributed by atoms with Crippen LogP contribution in [0, 0.1) is 23.7 Å². The van der Waals surface area contributed by atoms with E-state index < -0.39 is 0 Å². The second-order valence-electron chi connectivity index (χ2n) is 19.6. The van der Waals surface area contributed by atoms with Gasteiger partial charge in [-0.2, -0.15) is 0 Å². The molecule has 0 atom stereocenters. The van der Waals surface area contributed by atoms with E-state index in [2.05, 4.69) is 133 Å². The Morgan fingerprint density at radius 3 is 0.731 bits per heavy atom. The van der Waals surface area contributed by atoms with Gasteiger partial charge in [-0.15, -0.1) is 0 Å². The second kappa shape index (κ2) is 22.4. The molecule has 10 aromatic rings. The number of allylic oxidation sites excluding steroid dienone is 8. The zero-order valence-corrected chi connectivity index (χ0v) is 43.0. The lowest BCUT2D eigenvalue weighted by molar-refractivity contribution is -0.109. The molecule has 2 heteroatoms. The maximum absolute atomic E-state index is 15.6. The lowest BCUT2D eigenvalue weighted by Gasteiger charge is -2.20. The molecule has 368 valence electrons. The van der Waals surface area contributed by atoms with Crippen LogP contribution in [0.2, 0.25) is 0 Å². The minimum absolute atomic E-state index is 0.0276. The summed E-state index contributed by atoms with van der Waals surface area (Å²) in [5.74, 6) is 13.4. The summed E-state index contributed by atoms with van der Waals surface area (Å²) in [6, 6.07) is 90.9. The van der Waals surface area contributed by atoms with Crippen molar-refractivity contribution in [1.29, 1.82) is 0 Å². The van der Waals surface area contributed by atoms with Gasteiger partial charge >= 0.3 is 0 Å². The molecule has 2 aliphatic rings. The standard InChI is InChI=1S/C76H52O2/c77-75-69(57-33-11-3-12-34-57)67(61-47-43-55(44-48-61)31-21-19-29-53-25-7-1-8-26-53)73(71(75)59-37-15-5-16-38-59)65-51-52-66(64-42-24-23-41-63(64)65)74-68(62-49-45-56(46-50-62)32-22-20-30-54-27-9-2-10-28-54)70(58-35-13-4-14-36-58)76(78)72(74)60-39-17-6-18-40-60/h1-18,23-28,33-52H,29-32H2. The molecule has 0 fully saturated rings. The minimum atomic E-state index is -0.0276. The van der Waals surface area contributed by atoms with Crippen LogP contribution < -0.4 is 0 Å². The first-order valence-electron chi connectivity index (χ1n) is 26.6. The molecular formula is C76H52O2. The van der Waals surface area contributed by atoms with Crippen molar-refractivity contribution >= 4 is 66.9 Å². The minimum Gasteiger partial charge on any atom is -0.289 e. The summed E-state index contributed by atoms with van der Waals surface area (Å²) in [5.41, 5.74) is 17.8. The zero-order valence-electron chi connectivity index (χ0n) is 43.0. The molecule has 0 amide bonds. The molecule has 0 N–H and O–H groups in total. The molecule has 10 aromatic carbocycles. The quantitative estimate of drug-likeness (QED) is 0.114. The summed E-state index contributed by atoms with van der Waals surface area (Å²) in [7, 11) is 0. The number of hydrogen-bond acceptors (Lipinski definition) is 2. The highest BCUT2D eigenvalue weighted by Gasteiger charge is 2.39. The Hall–Kier alpha value is -10.1. The van der Waals surface area contributed by atoms with Crippen molar-refractivity contribution in [3.05, 3.63) is 334 Å². The molecule has 0 aromatic heterocycles. The number of benzene rings is 10. The highest BCUT2D eigenvalue weighted by molar-refractivity contribution is 6.61. The average molecular weight is 997 g/mol. The van der Waals surface area contributed by atoms with E-state index in [-0.39, 0.29) is 11.6 Å². The van der Waals surface area contributed by atoms with Crippen LogP contribution in [0.4, 0.5) is 0 Å². The molecule has 0 aliphatic heterocycles. The van der Waals surface area contributed by atoms with Crippen molar-refractivity contribution in [2.24, 2.45) is 0 Å². The fourth-order valence-electron chi connectivity index (χ4n) is 11.0. The van der Waals surface area contributed by atoms with E-state index in [1.165, 1.54) is 11.1 Å². The van der Waals surface area contributed by atoms with Gasteiger partial charge in [-0.05, 0) is 77.5 Å². The summed E-state index contributed by atoms with van der Waals surface area (Å²) in [4.78, 5) is 31.2. The topological polar surface area (TPSA) is 34.1 Å². The van der Waals surface area contributed by atoms with Crippen molar-refractivity contribution in [1.82, 2.24) is 0 Å². The van der Waals surface area contributed by atoms with Crippen LogP contribution in [0.15, 0.2) is 267 Å². The molecule has 2 aliphatic carbocycles. The van der Waals surface area contributed by atoms with Crippen molar-refractivity contribution in [2.75, 3.05) is 0 Å². The van der Waals surface area contributed by atoms with Gasteiger partial charge in [0.1, 0.15) is 0 Å². The summed E-state index contributed by atoms with van der Waals surface area (Å²) < 4.78 is 0. The number of Topliss-reactive ketones (excluding diaryl/α,β-unsaturated/α-hetero) is 2. The predicted molar refractivity (Wildman–Crippen MR) is 323 cm³/mol. The second-order valence-corrected chi connectivity index (χ2v) is 19.6. The van der Waals surface area contributed by atoms with E-state index in [1.807, 2.05) is 158 Å². The summed E-state index contributed by atoms with van der Waals surface area (Å²) in [6.07, 6.45) is 2.62. The number of carbonyl (C=O) groups excluding carboxylic acids is 2. The smallest absolute Gasteiger partial charge is 0.195 e. The van der Waals surface area contributed by atoms with Gasteiger partial charge in [0.2, 0.25) is 0 Å². The molecule has 0 spiro atoms. The third-order valence-corrected chi connectivity index (χ3v) is 14.7. The lowest BCUT2D eigenvalue weighted by Crippen LogP contribution is -2.02. The SMILES string of the molecule is O=C1C(c2ccccc2)=C(c2ccc(CC#CCc3ccccc3)cc2)C(c2ccc(C3=C(c4ccccc4)C(=O)C(c4ccccc4)=C3c3ccc(CC#CCc4ccccc4)cc3)c3ccccc23)=C1c1ccccc1. The third kappa shape index (κ3) is 9.84. The number of fused-ring (bicyclic) bond motifs is 1. The normalized spacial score (nSPS) is 13.2. The van der Waals surface area contributed by atoms with E-state index in [4.69, 9.17) is 0 Å². The van der Waals surface area contributed by atoms with Gasteiger partial charge in [0.25, 0.3) is 0 Å². The van der Waals surface area contributed by atoms with Gasteiger partial charge in [0.15, 0.2) is 11.6 Å². The Morgan fingerprint density at radius 2 is 0.436 bits per heavy atom. The first-order chi connectivity index (χ1) is 38.6. The van der Waals surface area contributed by atoms with Crippen LogP contribution in [0.25, 0.3) is 55.4 Å². The van der Waals surface area contributed by atoms with Gasteiger partial charge in [0, 0.05) is 70.3 Å². The number of hydrogen-bond donors (Lipinski definition) is 0. The van der Waals surface area contributed by atoms with Crippen LogP contribution in [0.1, 0.15) is 66.8 Å². The molecule has 0 saturated heterocycles. The van der Waals surface area contributed by atoms with Gasteiger partial charge in [-0.25, -0.2) is 0 Å². The van der Waals surface area contributed by atoms with Crippen LogP contribution >= 0.6 is 0 Å². The van der Waals surface area contributed by atoms with E-state index in [0.29, 0.717) is 48.0 Å². The fourth-order valence-corrected chi connectivity index (χ4v) is 11.0. The van der Waals surface area contributed by atoms with Crippen LogP contribution in [-0.4, -0.2) is 11.6 Å². The zero-order chi connectivity index (χ0) is 52.6. The van der Waals surface area contributed by atoms with Crippen molar-refractivity contribution in [3.63, 3.8) is 0 Å². The van der Waals surface area contributed by atoms with Crippen molar-refractivity contribution < 1.29 is 9.59 Å². The summed E-state index contributed by atoms with van der Waals surface area (Å²) in [5, 5.41) is 1.93. The molecule has 0 saturated carbocycles. The van der Waals surface area contributed by atoms with Gasteiger partial charge in [-0.1, -0.05) is 291 Å². The molecular weight excluding hydrogens is 945 g/mol. The first-order valence-corrected chi connectivity index (χ1v) is 26.6. The number of rotatable bonds is 12. The van der Waals surface area contributed by atoms with Gasteiger partial charge in [-0.3, -0.25) is 9.59 Å². The maximum atomic E-state index is 15.6. The highest BCUT2D eigenvalue weighted by atomic mass is 16.1. The lowest BCUT2D eigenvalue weighted by atomic mass is 9.82. The van der Waals surface area contributed by atoms with E-state index in [9.17, 15) is 0 Å².